The lowest BCUT2D eigenvalue weighted by Gasteiger charge is -2.23. The minimum absolute atomic E-state index is 0.124. The van der Waals surface area contributed by atoms with Crippen molar-refractivity contribution in [1.29, 1.82) is 0 Å². The molecule has 1 heterocycles. The number of benzene rings is 1. The van der Waals surface area contributed by atoms with Crippen LogP contribution in [0.3, 0.4) is 0 Å². The van der Waals surface area contributed by atoms with Crippen molar-refractivity contribution in [3.05, 3.63) is 48.2 Å². The first-order valence-corrected chi connectivity index (χ1v) is 4.20. The van der Waals surface area contributed by atoms with E-state index in [1.54, 1.807) is 6.26 Å². The van der Waals surface area contributed by atoms with E-state index in [9.17, 15) is 0 Å². The third kappa shape index (κ3) is 1.11. The Morgan fingerprint density at radius 3 is 2.58 bits per heavy atom. The van der Waals surface area contributed by atoms with Crippen LogP contribution >= 0.6 is 0 Å². The molecule has 1 atom stereocenters. The number of ether oxygens (including phenoxy) is 1. The third-order valence-electron chi connectivity index (χ3n) is 2.32. The Hall–Kier alpha value is -1.24. The monoisotopic (exact) mass is 160 g/mol. The number of hydrogen-bond donors (Lipinski definition) is 0. The summed E-state index contributed by atoms with van der Waals surface area (Å²) in [6, 6.07) is 10.3. The van der Waals surface area contributed by atoms with Crippen molar-refractivity contribution in [2.45, 2.75) is 18.9 Å². The molecule has 0 aromatic heterocycles. The smallest absolute Gasteiger partial charge is 0.134 e. The normalized spacial score (nSPS) is 27.1. The van der Waals surface area contributed by atoms with Gasteiger partial charge in [0.15, 0.2) is 0 Å². The van der Waals surface area contributed by atoms with Gasteiger partial charge < -0.3 is 4.74 Å². The molecule has 0 aliphatic carbocycles. The van der Waals surface area contributed by atoms with Crippen LogP contribution in [0.1, 0.15) is 18.9 Å². The zero-order valence-electron chi connectivity index (χ0n) is 7.16. The highest BCUT2D eigenvalue weighted by Crippen LogP contribution is 2.33. The van der Waals surface area contributed by atoms with Crippen LogP contribution in [0.2, 0.25) is 0 Å². The number of rotatable bonds is 1. The quantitative estimate of drug-likeness (QED) is 0.613. The third-order valence-corrected chi connectivity index (χ3v) is 2.32. The largest absolute Gasteiger partial charge is 0.490 e. The summed E-state index contributed by atoms with van der Waals surface area (Å²) < 4.78 is 5.55. The second-order valence-electron chi connectivity index (χ2n) is 3.29. The molecule has 0 N–H and O–H groups in total. The average Bonchev–Trinajstić information content (AvgIpc) is 2.55. The zero-order valence-corrected chi connectivity index (χ0v) is 7.16. The van der Waals surface area contributed by atoms with Crippen LogP contribution in [-0.4, -0.2) is 0 Å². The zero-order chi connectivity index (χ0) is 8.44. The summed E-state index contributed by atoms with van der Waals surface area (Å²) in [5.74, 6) is 0. The van der Waals surface area contributed by atoms with Gasteiger partial charge in [-0.25, -0.2) is 0 Å². The summed E-state index contributed by atoms with van der Waals surface area (Å²) >= 11 is 0. The highest BCUT2D eigenvalue weighted by Gasteiger charge is 2.28. The van der Waals surface area contributed by atoms with Crippen molar-refractivity contribution in [2.75, 3.05) is 0 Å². The van der Waals surface area contributed by atoms with Gasteiger partial charge in [-0.3, -0.25) is 0 Å². The second-order valence-corrected chi connectivity index (χ2v) is 3.29. The van der Waals surface area contributed by atoms with E-state index in [1.807, 2.05) is 18.2 Å². The molecule has 0 bridgehead atoms. The average molecular weight is 160 g/mol. The highest BCUT2D eigenvalue weighted by atomic mass is 16.5. The molecule has 0 radical (unpaired) electrons. The molecule has 0 fully saturated rings. The first-order valence-electron chi connectivity index (χ1n) is 4.20. The minimum Gasteiger partial charge on any atom is -0.490 e. The van der Waals surface area contributed by atoms with E-state index in [0.717, 1.165) is 6.42 Å². The van der Waals surface area contributed by atoms with Gasteiger partial charge in [0.05, 0.1) is 6.26 Å². The van der Waals surface area contributed by atoms with Gasteiger partial charge in [-0.05, 0) is 18.6 Å². The van der Waals surface area contributed by atoms with Crippen LogP contribution in [-0.2, 0) is 10.3 Å². The van der Waals surface area contributed by atoms with E-state index in [1.165, 1.54) is 5.56 Å². The minimum atomic E-state index is -0.124. The molecule has 12 heavy (non-hydrogen) atoms. The summed E-state index contributed by atoms with van der Waals surface area (Å²) in [6.45, 7) is 2.11. The van der Waals surface area contributed by atoms with Crippen molar-refractivity contribution in [3.8, 4) is 0 Å². The Morgan fingerprint density at radius 1 is 1.25 bits per heavy atom. The van der Waals surface area contributed by atoms with Gasteiger partial charge in [0.25, 0.3) is 0 Å². The van der Waals surface area contributed by atoms with Crippen molar-refractivity contribution in [1.82, 2.24) is 0 Å². The van der Waals surface area contributed by atoms with E-state index < -0.39 is 0 Å². The lowest BCUT2D eigenvalue weighted by Crippen LogP contribution is -2.19. The Labute approximate surface area is 72.7 Å². The molecule has 1 aliphatic rings. The van der Waals surface area contributed by atoms with Crippen molar-refractivity contribution < 1.29 is 4.74 Å². The van der Waals surface area contributed by atoms with Crippen LogP contribution in [0.4, 0.5) is 0 Å². The predicted molar refractivity (Wildman–Crippen MR) is 48.6 cm³/mol. The van der Waals surface area contributed by atoms with Gasteiger partial charge in [0.1, 0.15) is 5.60 Å². The summed E-state index contributed by atoms with van der Waals surface area (Å²) in [6.07, 6.45) is 4.82. The molecular formula is C11H12O. The van der Waals surface area contributed by atoms with Crippen LogP contribution in [0.25, 0.3) is 0 Å². The summed E-state index contributed by atoms with van der Waals surface area (Å²) in [5.41, 5.74) is 1.12. The van der Waals surface area contributed by atoms with Crippen molar-refractivity contribution in [2.24, 2.45) is 0 Å². The molecule has 0 saturated heterocycles. The summed E-state index contributed by atoms with van der Waals surface area (Å²) in [7, 11) is 0. The Kier molecular flexibility index (Phi) is 1.65. The van der Waals surface area contributed by atoms with E-state index >= 15 is 0 Å². The van der Waals surface area contributed by atoms with Gasteiger partial charge in [-0.1, -0.05) is 30.3 Å². The van der Waals surface area contributed by atoms with Gasteiger partial charge in [0, 0.05) is 6.42 Å². The van der Waals surface area contributed by atoms with Crippen LogP contribution < -0.4 is 0 Å². The molecular weight excluding hydrogens is 148 g/mol. The van der Waals surface area contributed by atoms with Crippen LogP contribution in [0.5, 0.6) is 0 Å². The fraction of sp³-hybridized carbons (Fsp3) is 0.273. The maximum atomic E-state index is 5.55. The lowest BCUT2D eigenvalue weighted by atomic mass is 9.94. The van der Waals surface area contributed by atoms with Crippen molar-refractivity contribution in [3.63, 3.8) is 0 Å². The van der Waals surface area contributed by atoms with Crippen LogP contribution in [0, 0.1) is 0 Å². The molecule has 1 unspecified atom stereocenters. The maximum Gasteiger partial charge on any atom is 0.134 e. The van der Waals surface area contributed by atoms with Gasteiger partial charge in [0.2, 0.25) is 0 Å². The first kappa shape index (κ1) is 7.41. The van der Waals surface area contributed by atoms with E-state index in [-0.39, 0.29) is 5.60 Å². The molecule has 1 aromatic carbocycles. The fourth-order valence-corrected chi connectivity index (χ4v) is 1.50. The standard InChI is InChI=1S/C11H12O/c1-11(8-5-9-12-11)10-6-3-2-4-7-10/h2-7,9H,8H2,1H3. The Balaban J connectivity index is 2.31. The van der Waals surface area contributed by atoms with E-state index in [4.69, 9.17) is 4.74 Å². The summed E-state index contributed by atoms with van der Waals surface area (Å²) in [4.78, 5) is 0. The Bertz CT molecular complexity index is 279. The van der Waals surface area contributed by atoms with E-state index in [2.05, 4.69) is 25.1 Å². The molecule has 0 amide bonds. The Morgan fingerprint density at radius 2 is 2.00 bits per heavy atom. The molecule has 1 nitrogen and oxygen atoms in total. The topological polar surface area (TPSA) is 9.23 Å². The predicted octanol–water partition coefficient (Wildman–Crippen LogP) is 2.84. The molecule has 2 rings (SSSR count). The maximum absolute atomic E-state index is 5.55. The fourth-order valence-electron chi connectivity index (χ4n) is 1.50. The summed E-state index contributed by atoms with van der Waals surface area (Å²) in [5, 5.41) is 0. The second kappa shape index (κ2) is 2.67. The number of hydrogen-bond acceptors (Lipinski definition) is 1. The lowest BCUT2D eigenvalue weighted by molar-refractivity contribution is 0.0609. The molecule has 1 aromatic rings. The first-order chi connectivity index (χ1) is 5.81. The molecule has 1 aliphatic heterocycles. The molecule has 0 spiro atoms. The molecule has 62 valence electrons. The highest BCUT2D eigenvalue weighted by molar-refractivity contribution is 5.24. The van der Waals surface area contributed by atoms with Gasteiger partial charge in [-0.2, -0.15) is 0 Å². The SMILES string of the molecule is CC1(c2ccccc2)CC=CO1. The molecule has 0 saturated carbocycles. The van der Waals surface area contributed by atoms with Crippen LogP contribution in [0.15, 0.2) is 42.7 Å². The molecule has 1 heteroatoms. The van der Waals surface area contributed by atoms with Gasteiger partial charge >= 0.3 is 0 Å². The van der Waals surface area contributed by atoms with Gasteiger partial charge in [-0.15, -0.1) is 0 Å². The van der Waals surface area contributed by atoms with Crippen molar-refractivity contribution >= 4 is 0 Å². The van der Waals surface area contributed by atoms with E-state index in [0.29, 0.717) is 0 Å².